The van der Waals surface area contributed by atoms with E-state index in [2.05, 4.69) is 20.1 Å². The fourth-order valence-corrected chi connectivity index (χ4v) is 3.41. The lowest BCUT2D eigenvalue weighted by Gasteiger charge is -2.34. The lowest BCUT2D eigenvalue weighted by molar-refractivity contribution is 0.229. The van der Waals surface area contributed by atoms with Crippen molar-refractivity contribution in [3.63, 3.8) is 0 Å². The normalized spacial score (nSPS) is 14.5. The maximum atomic E-state index is 5.91. The van der Waals surface area contributed by atoms with Gasteiger partial charge in [0.1, 0.15) is 11.5 Å². The third-order valence-electron chi connectivity index (χ3n) is 5.07. The largest absolute Gasteiger partial charge is 0.495 e. The zero-order valence-electron chi connectivity index (χ0n) is 17.2. The first-order valence-electron chi connectivity index (χ1n) is 9.77. The summed E-state index contributed by atoms with van der Waals surface area (Å²) >= 11 is 0. The summed E-state index contributed by atoms with van der Waals surface area (Å²) in [5.74, 6) is 3.40. The zero-order valence-corrected chi connectivity index (χ0v) is 17.2. The van der Waals surface area contributed by atoms with Crippen LogP contribution in [-0.2, 0) is 6.54 Å². The van der Waals surface area contributed by atoms with Gasteiger partial charge < -0.3 is 29.8 Å². The molecule has 0 unspecified atom stereocenters. The molecule has 0 amide bonds. The van der Waals surface area contributed by atoms with Crippen LogP contribution in [0.3, 0.4) is 0 Å². The fourth-order valence-electron chi connectivity index (χ4n) is 3.41. The van der Waals surface area contributed by atoms with E-state index in [1.54, 1.807) is 32.7 Å². The highest BCUT2D eigenvalue weighted by atomic mass is 16.5. The Labute approximate surface area is 175 Å². The van der Waals surface area contributed by atoms with Crippen LogP contribution in [0.5, 0.6) is 11.5 Å². The molecule has 0 radical (unpaired) electrons. The van der Waals surface area contributed by atoms with Crippen LogP contribution >= 0.6 is 0 Å². The topological polar surface area (TPSA) is 102 Å². The Morgan fingerprint density at radius 3 is 2.60 bits per heavy atom. The van der Waals surface area contributed by atoms with Crippen LogP contribution < -0.4 is 25.4 Å². The molecule has 4 rings (SSSR count). The van der Waals surface area contributed by atoms with E-state index in [0.717, 1.165) is 44.2 Å². The molecule has 1 saturated heterocycles. The molecule has 1 aromatic carbocycles. The average molecular weight is 410 g/mol. The average Bonchev–Trinajstić information content (AvgIpc) is 3.28. The lowest BCUT2D eigenvalue weighted by Crippen LogP contribution is -2.46. The lowest BCUT2D eigenvalue weighted by atomic mass is 10.2. The van der Waals surface area contributed by atoms with Gasteiger partial charge in [-0.2, -0.15) is 4.98 Å². The number of methoxy groups -OCH3 is 2. The van der Waals surface area contributed by atoms with Crippen molar-refractivity contribution in [1.82, 2.24) is 14.9 Å². The van der Waals surface area contributed by atoms with Gasteiger partial charge in [-0.15, -0.1) is 0 Å². The van der Waals surface area contributed by atoms with Crippen molar-refractivity contribution < 1.29 is 13.9 Å². The van der Waals surface area contributed by atoms with Crippen molar-refractivity contribution in [3.05, 3.63) is 48.6 Å². The van der Waals surface area contributed by atoms with E-state index in [1.807, 2.05) is 24.3 Å². The monoisotopic (exact) mass is 410 g/mol. The van der Waals surface area contributed by atoms with Crippen LogP contribution in [-0.4, -0.2) is 55.3 Å². The molecule has 9 nitrogen and oxygen atoms in total. The Balaban J connectivity index is 1.46. The molecule has 3 N–H and O–H groups in total. The van der Waals surface area contributed by atoms with E-state index in [-0.39, 0.29) is 0 Å². The molecule has 2 aromatic heterocycles. The Bertz CT molecular complexity index is 971. The van der Waals surface area contributed by atoms with E-state index in [1.165, 1.54) is 0 Å². The number of furan rings is 1. The summed E-state index contributed by atoms with van der Waals surface area (Å²) in [6.07, 6.45) is 3.40. The molecule has 30 heavy (non-hydrogen) atoms. The predicted octanol–water partition coefficient (Wildman–Crippen LogP) is 2.73. The molecule has 0 spiro atoms. The summed E-state index contributed by atoms with van der Waals surface area (Å²) in [6, 6.07) is 9.40. The van der Waals surface area contributed by atoms with Gasteiger partial charge >= 0.3 is 0 Å². The number of nitrogens with zero attached hydrogens (tertiary/aromatic N) is 4. The van der Waals surface area contributed by atoms with Gasteiger partial charge in [-0.05, 0) is 24.3 Å². The van der Waals surface area contributed by atoms with E-state index in [4.69, 9.17) is 24.6 Å². The molecule has 0 saturated carbocycles. The molecule has 0 atom stereocenters. The van der Waals surface area contributed by atoms with Crippen LogP contribution in [0.15, 0.2) is 47.2 Å². The van der Waals surface area contributed by atoms with Crippen molar-refractivity contribution in [2.75, 3.05) is 56.3 Å². The van der Waals surface area contributed by atoms with Gasteiger partial charge in [-0.25, -0.2) is 4.98 Å². The highest BCUT2D eigenvalue weighted by Crippen LogP contribution is 2.31. The van der Waals surface area contributed by atoms with Gasteiger partial charge in [0.25, 0.3) is 0 Å². The van der Waals surface area contributed by atoms with Crippen molar-refractivity contribution in [2.45, 2.75) is 6.54 Å². The molecular formula is C21H26N6O3. The maximum Gasteiger partial charge on any atom is 0.227 e. The smallest absolute Gasteiger partial charge is 0.227 e. The predicted molar refractivity (Wildman–Crippen MR) is 115 cm³/mol. The van der Waals surface area contributed by atoms with Crippen molar-refractivity contribution >= 4 is 23.1 Å². The fraction of sp³-hybridized carbons (Fsp3) is 0.333. The first-order chi connectivity index (χ1) is 14.7. The third-order valence-corrected chi connectivity index (χ3v) is 5.07. The number of benzene rings is 1. The second-order valence-corrected chi connectivity index (χ2v) is 7.01. The minimum Gasteiger partial charge on any atom is -0.495 e. The van der Waals surface area contributed by atoms with Gasteiger partial charge in [0.15, 0.2) is 11.6 Å². The highest BCUT2D eigenvalue weighted by molar-refractivity contribution is 5.68. The number of nitrogens with one attached hydrogen (secondary N) is 1. The van der Waals surface area contributed by atoms with Gasteiger partial charge in [0.05, 0.1) is 38.9 Å². The molecule has 0 bridgehead atoms. The van der Waals surface area contributed by atoms with Crippen LogP contribution in [0, 0.1) is 0 Å². The summed E-state index contributed by atoms with van der Waals surface area (Å²) in [5, 5.41) is 3.28. The number of rotatable bonds is 7. The van der Waals surface area contributed by atoms with E-state index in [0.29, 0.717) is 29.0 Å². The minimum absolute atomic E-state index is 0.561. The first-order valence-corrected chi connectivity index (χ1v) is 9.77. The van der Waals surface area contributed by atoms with E-state index >= 15 is 0 Å². The van der Waals surface area contributed by atoms with E-state index in [9.17, 15) is 0 Å². The molecular weight excluding hydrogens is 384 g/mol. The zero-order chi connectivity index (χ0) is 20.9. The van der Waals surface area contributed by atoms with Crippen molar-refractivity contribution in [3.8, 4) is 11.5 Å². The number of nitrogen functional groups attached to an aromatic ring is 1. The number of aromatic nitrogens is 2. The Morgan fingerprint density at radius 2 is 1.90 bits per heavy atom. The number of ether oxygens (including phenoxy) is 2. The Hall–Kier alpha value is -3.46. The Kier molecular flexibility index (Phi) is 5.89. The quantitative estimate of drug-likeness (QED) is 0.569. The summed E-state index contributed by atoms with van der Waals surface area (Å²) in [5.41, 5.74) is 7.28. The summed E-state index contributed by atoms with van der Waals surface area (Å²) < 4.78 is 16.2. The molecule has 9 heteroatoms. The van der Waals surface area contributed by atoms with Gasteiger partial charge in [-0.1, -0.05) is 0 Å². The standard InChI is InChI=1S/C21H26N6O3/c1-28-18-12-15(5-6-17(18)22)24-20-19(29-2)13-23-21(25-20)27-9-7-26(8-10-27)14-16-4-3-11-30-16/h3-6,11-13H,7-10,14,22H2,1-2H3,(H,23,24,25). The summed E-state index contributed by atoms with van der Waals surface area (Å²) in [4.78, 5) is 13.7. The van der Waals surface area contributed by atoms with Crippen LogP contribution in [0.1, 0.15) is 5.76 Å². The minimum atomic E-state index is 0.561. The molecule has 0 aliphatic carbocycles. The molecule has 3 heterocycles. The highest BCUT2D eigenvalue weighted by Gasteiger charge is 2.21. The summed E-state index contributed by atoms with van der Waals surface area (Å²) in [7, 11) is 3.19. The number of piperazine rings is 1. The number of anilines is 4. The van der Waals surface area contributed by atoms with Crippen LogP contribution in [0.2, 0.25) is 0 Å². The summed E-state index contributed by atoms with van der Waals surface area (Å²) in [6.45, 7) is 4.31. The van der Waals surface area contributed by atoms with Crippen molar-refractivity contribution in [1.29, 1.82) is 0 Å². The number of nitrogens with two attached hydrogens (primary N) is 1. The number of hydrogen-bond donors (Lipinski definition) is 2. The molecule has 1 aliphatic heterocycles. The third kappa shape index (κ3) is 4.41. The number of hydrogen-bond acceptors (Lipinski definition) is 9. The van der Waals surface area contributed by atoms with Gasteiger partial charge in [-0.3, -0.25) is 4.90 Å². The second-order valence-electron chi connectivity index (χ2n) is 7.01. The van der Waals surface area contributed by atoms with Gasteiger partial charge in [0.2, 0.25) is 5.95 Å². The van der Waals surface area contributed by atoms with E-state index < -0.39 is 0 Å². The SMILES string of the molecule is COc1cc(Nc2nc(N3CCN(Cc4ccco4)CC3)ncc2OC)ccc1N. The molecule has 1 aliphatic rings. The first kappa shape index (κ1) is 19.8. The van der Waals surface area contributed by atoms with Gasteiger partial charge in [0, 0.05) is 37.9 Å². The second kappa shape index (κ2) is 8.91. The Morgan fingerprint density at radius 1 is 1.10 bits per heavy atom. The molecule has 158 valence electrons. The molecule has 3 aromatic rings. The van der Waals surface area contributed by atoms with Crippen LogP contribution in [0.25, 0.3) is 0 Å². The van der Waals surface area contributed by atoms with Crippen LogP contribution in [0.4, 0.5) is 23.1 Å². The van der Waals surface area contributed by atoms with Crippen molar-refractivity contribution in [2.24, 2.45) is 0 Å². The maximum absolute atomic E-state index is 5.91. The molecule has 1 fully saturated rings.